The van der Waals surface area contributed by atoms with Gasteiger partial charge in [-0.3, -0.25) is 9.69 Å². The van der Waals surface area contributed by atoms with Crippen LogP contribution in [-0.2, 0) is 14.9 Å². The first kappa shape index (κ1) is 23.1. The highest BCUT2D eigenvalue weighted by atomic mass is 35.5. The number of carbonyl (C=O) groups is 1. The third-order valence-corrected chi connectivity index (χ3v) is 7.13. The monoisotopic (exact) mass is 456 g/mol. The second-order valence-corrected chi connectivity index (χ2v) is 9.35. The number of piperidine rings is 1. The van der Waals surface area contributed by atoms with Crippen LogP contribution in [-0.4, -0.2) is 49.8 Å². The molecule has 2 aromatic carbocycles. The molecule has 2 saturated heterocycles. The van der Waals surface area contributed by atoms with Crippen LogP contribution in [0.2, 0.25) is 5.02 Å². The van der Waals surface area contributed by atoms with Crippen LogP contribution in [0, 0.1) is 0 Å². The number of nitrogens with one attached hydrogen (secondary N) is 1. The molecule has 2 aliphatic rings. The molecule has 172 valence electrons. The second kappa shape index (κ2) is 10.7. The number of amides is 1. The fourth-order valence-electron chi connectivity index (χ4n) is 4.79. The summed E-state index contributed by atoms with van der Waals surface area (Å²) in [5, 5.41) is 3.78. The maximum atomic E-state index is 13.4. The molecular weight excluding hydrogens is 424 g/mol. The highest BCUT2D eigenvalue weighted by Gasteiger charge is 2.41. The van der Waals surface area contributed by atoms with Crippen molar-refractivity contribution >= 4 is 23.2 Å². The van der Waals surface area contributed by atoms with E-state index in [4.69, 9.17) is 21.1 Å². The van der Waals surface area contributed by atoms with Gasteiger partial charge < -0.3 is 14.8 Å². The Morgan fingerprint density at radius 2 is 1.84 bits per heavy atom. The number of halogens is 1. The third kappa shape index (κ3) is 5.45. The van der Waals surface area contributed by atoms with Crippen molar-refractivity contribution in [3.8, 4) is 5.75 Å². The number of hydrogen-bond acceptors (Lipinski definition) is 4. The molecule has 6 heteroatoms. The van der Waals surface area contributed by atoms with E-state index in [1.807, 2.05) is 48.5 Å². The number of benzene rings is 2. The molecule has 0 radical (unpaired) electrons. The number of nitrogens with zero attached hydrogens (tertiary/aromatic N) is 1. The van der Waals surface area contributed by atoms with Crippen molar-refractivity contribution < 1.29 is 14.3 Å². The summed E-state index contributed by atoms with van der Waals surface area (Å²) in [6.07, 6.45) is 5.19. The zero-order valence-electron chi connectivity index (χ0n) is 18.8. The number of likely N-dealkylation sites (tertiary alicyclic amines) is 1. The van der Waals surface area contributed by atoms with E-state index in [1.54, 1.807) is 0 Å². The number of ether oxygens (including phenoxy) is 2. The van der Waals surface area contributed by atoms with Crippen LogP contribution in [0.4, 0.5) is 5.69 Å². The molecule has 5 nitrogen and oxygen atoms in total. The van der Waals surface area contributed by atoms with Crippen molar-refractivity contribution in [2.75, 3.05) is 38.2 Å². The van der Waals surface area contributed by atoms with Crippen molar-refractivity contribution in [3.63, 3.8) is 0 Å². The van der Waals surface area contributed by atoms with Crippen LogP contribution in [0.3, 0.4) is 0 Å². The lowest BCUT2D eigenvalue weighted by Gasteiger charge is -2.36. The van der Waals surface area contributed by atoms with E-state index in [-0.39, 0.29) is 5.91 Å². The van der Waals surface area contributed by atoms with Gasteiger partial charge in [0.25, 0.3) is 0 Å². The summed E-state index contributed by atoms with van der Waals surface area (Å²) < 4.78 is 11.5. The van der Waals surface area contributed by atoms with Crippen LogP contribution >= 0.6 is 11.6 Å². The summed E-state index contributed by atoms with van der Waals surface area (Å²) in [6.45, 7) is 6.22. The van der Waals surface area contributed by atoms with Crippen LogP contribution in [0.15, 0.2) is 48.5 Å². The fourth-order valence-corrected chi connectivity index (χ4v) is 4.92. The minimum absolute atomic E-state index is 0.00382. The molecule has 0 spiro atoms. The Hall–Kier alpha value is -2.08. The lowest BCUT2D eigenvalue weighted by Crippen LogP contribution is -2.44. The summed E-state index contributed by atoms with van der Waals surface area (Å²) in [7, 11) is 0. The van der Waals surface area contributed by atoms with Crippen molar-refractivity contribution in [3.05, 3.63) is 59.1 Å². The predicted octanol–water partition coefficient (Wildman–Crippen LogP) is 5.28. The van der Waals surface area contributed by atoms with Gasteiger partial charge >= 0.3 is 0 Å². The minimum Gasteiger partial charge on any atom is -0.492 e. The highest BCUT2D eigenvalue weighted by Crippen LogP contribution is 2.37. The molecule has 1 amide bonds. The molecule has 32 heavy (non-hydrogen) atoms. The first-order valence-electron chi connectivity index (χ1n) is 11.7. The Bertz CT molecular complexity index is 879. The third-order valence-electron chi connectivity index (χ3n) is 6.88. The quantitative estimate of drug-likeness (QED) is 0.615. The molecule has 2 aliphatic heterocycles. The number of carbonyl (C=O) groups excluding carboxylic acids is 1. The average Bonchev–Trinajstić information content (AvgIpc) is 2.82. The van der Waals surface area contributed by atoms with Crippen molar-refractivity contribution in [1.29, 1.82) is 0 Å². The van der Waals surface area contributed by atoms with Gasteiger partial charge in [0.2, 0.25) is 5.91 Å². The van der Waals surface area contributed by atoms with E-state index in [9.17, 15) is 4.79 Å². The molecule has 0 saturated carbocycles. The predicted molar refractivity (Wildman–Crippen MR) is 129 cm³/mol. The summed E-state index contributed by atoms with van der Waals surface area (Å²) >= 11 is 6.07. The second-order valence-electron chi connectivity index (χ2n) is 8.91. The van der Waals surface area contributed by atoms with Crippen LogP contribution in [0.5, 0.6) is 5.75 Å². The van der Waals surface area contributed by atoms with Gasteiger partial charge in [0.1, 0.15) is 12.4 Å². The fraction of sp³-hybridized carbons (Fsp3) is 0.500. The van der Waals surface area contributed by atoms with Gasteiger partial charge in [-0.25, -0.2) is 0 Å². The van der Waals surface area contributed by atoms with E-state index in [0.717, 1.165) is 30.1 Å². The van der Waals surface area contributed by atoms with Crippen molar-refractivity contribution in [2.45, 2.75) is 50.5 Å². The average molecular weight is 457 g/mol. The molecule has 2 heterocycles. The zero-order chi connectivity index (χ0) is 22.4. The first-order valence-corrected chi connectivity index (χ1v) is 12.1. The van der Waals surface area contributed by atoms with Crippen LogP contribution in [0.1, 0.15) is 44.6 Å². The molecule has 0 bridgehead atoms. The van der Waals surface area contributed by atoms with Crippen LogP contribution in [0.25, 0.3) is 0 Å². The molecule has 4 rings (SSSR count). The largest absolute Gasteiger partial charge is 0.492 e. The van der Waals surface area contributed by atoms with Gasteiger partial charge in [-0.1, -0.05) is 30.2 Å². The number of rotatable bonds is 7. The van der Waals surface area contributed by atoms with E-state index in [1.165, 1.54) is 19.3 Å². The zero-order valence-corrected chi connectivity index (χ0v) is 19.6. The highest BCUT2D eigenvalue weighted by molar-refractivity contribution is 6.30. The van der Waals surface area contributed by atoms with Crippen LogP contribution < -0.4 is 10.1 Å². The van der Waals surface area contributed by atoms with Gasteiger partial charge in [-0.05, 0) is 81.1 Å². The Morgan fingerprint density at radius 3 is 2.53 bits per heavy atom. The van der Waals surface area contributed by atoms with E-state index >= 15 is 0 Å². The number of hydrogen-bond donors (Lipinski definition) is 1. The lowest BCUT2D eigenvalue weighted by atomic mass is 9.73. The van der Waals surface area contributed by atoms with Gasteiger partial charge in [0, 0.05) is 36.5 Å². The van der Waals surface area contributed by atoms with Crippen molar-refractivity contribution in [1.82, 2.24) is 4.90 Å². The topological polar surface area (TPSA) is 50.8 Å². The SMILES string of the molecule is CC1CCCCN1CCOc1ccc(NC(=O)C2(c3ccc(Cl)cc3)CCOCC2)cc1. The molecule has 1 unspecified atom stereocenters. The lowest BCUT2D eigenvalue weighted by molar-refractivity contribution is -0.125. The summed E-state index contributed by atoms with van der Waals surface area (Å²) in [6, 6.07) is 15.9. The smallest absolute Gasteiger partial charge is 0.235 e. The van der Waals surface area contributed by atoms with E-state index in [2.05, 4.69) is 17.1 Å². The van der Waals surface area contributed by atoms with E-state index in [0.29, 0.717) is 43.7 Å². The maximum absolute atomic E-state index is 13.4. The summed E-state index contributed by atoms with van der Waals surface area (Å²) in [5.41, 5.74) is 1.14. The summed E-state index contributed by atoms with van der Waals surface area (Å²) in [4.78, 5) is 15.9. The standard InChI is InChI=1S/C26H33ClN2O3/c1-20-4-2-3-15-29(20)16-19-32-24-11-9-23(10-12-24)28-25(30)26(13-17-31-18-14-26)21-5-7-22(27)8-6-21/h5-12,20H,2-4,13-19H2,1H3,(H,28,30). The molecule has 0 aliphatic carbocycles. The molecule has 1 atom stereocenters. The van der Waals surface area contributed by atoms with Crippen molar-refractivity contribution in [2.24, 2.45) is 0 Å². The molecule has 2 fully saturated rings. The summed E-state index contributed by atoms with van der Waals surface area (Å²) in [5.74, 6) is 0.821. The van der Waals surface area contributed by atoms with Gasteiger partial charge in [0.15, 0.2) is 0 Å². The van der Waals surface area contributed by atoms with Gasteiger partial charge in [0.05, 0.1) is 5.41 Å². The molecule has 2 aromatic rings. The normalized spacial score (nSPS) is 21.1. The molecular formula is C26H33ClN2O3. The Labute approximate surface area is 196 Å². The minimum atomic E-state index is -0.608. The van der Waals surface area contributed by atoms with Gasteiger partial charge in [-0.2, -0.15) is 0 Å². The Balaban J connectivity index is 1.36. The van der Waals surface area contributed by atoms with E-state index < -0.39 is 5.41 Å². The Morgan fingerprint density at radius 1 is 1.12 bits per heavy atom. The maximum Gasteiger partial charge on any atom is 0.235 e. The molecule has 1 N–H and O–H groups in total. The Kier molecular flexibility index (Phi) is 7.71. The molecule has 0 aromatic heterocycles. The first-order chi connectivity index (χ1) is 15.6. The van der Waals surface area contributed by atoms with Gasteiger partial charge in [-0.15, -0.1) is 0 Å². The number of anilines is 1.